The van der Waals surface area contributed by atoms with Gasteiger partial charge in [0.2, 0.25) is 0 Å². The predicted molar refractivity (Wildman–Crippen MR) is 73.7 cm³/mol. The lowest BCUT2D eigenvalue weighted by molar-refractivity contribution is -0.143. The Morgan fingerprint density at radius 1 is 1.32 bits per heavy atom. The molecule has 0 aliphatic carbocycles. The van der Waals surface area contributed by atoms with Crippen LogP contribution in [0.3, 0.4) is 0 Å². The fourth-order valence-electron chi connectivity index (χ4n) is 2.95. The third-order valence-electron chi connectivity index (χ3n) is 3.69. The number of hydrogen-bond donors (Lipinski definition) is 1. The molecule has 1 heterocycles. The summed E-state index contributed by atoms with van der Waals surface area (Å²) in [6, 6.07) is 3.35. The Balaban J connectivity index is 2.49. The van der Waals surface area contributed by atoms with E-state index >= 15 is 0 Å². The minimum absolute atomic E-state index is 0.601. The summed E-state index contributed by atoms with van der Waals surface area (Å²) in [7, 11) is 1.60. The quantitative estimate of drug-likeness (QED) is 0.907. The Morgan fingerprint density at radius 2 is 1.95 bits per heavy atom. The van der Waals surface area contributed by atoms with Crippen molar-refractivity contribution in [2.75, 3.05) is 20.2 Å². The van der Waals surface area contributed by atoms with Gasteiger partial charge in [0.25, 0.3) is 0 Å². The molecular formula is C15H21NO3. The van der Waals surface area contributed by atoms with Gasteiger partial charge < -0.3 is 9.84 Å². The number of aryl methyl sites for hydroxylation is 2. The van der Waals surface area contributed by atoms with Gasteiger partial charge in [-0.05, 0) is 45.3 Å². The van der Waals surface area contributed by atoms with Crippen LogP contribution in [0.5, 0.6) is 5.75 Å². The summed E-state index contributed by atoms with van der Waals surface area (Å²) in [6.45, 7) is 5.62. The maximum atomic E-state index is 11.7. The van der Waals surface area contributed by atoms with Crippen LogP contribution in [0.15, 0.2) is 12.1 Å². The highest BCUT2D eigenvalue weighted by atomic mass is 16.5. The minimum atomic E-state index is -0.801. The molecule has 1 aliphatic heterocycles. The Hall–Kier alpha value is -1.55. The number of hydrogen-bond acceptors (Lipinski definition) is 3. The topological polar surface area (TPSA) is 49.8 Å². The number of likely N-dealkylation sites (tertiary alicyclic amines) is 1. The molecule has 4 nitrogen and oxygen atoms in total. The standard InChI is InChI=1S/C15H21NO3/c1-10-8-11(2)14(19-3)12(9-10)13(15(17)18)16-6-4-5-7-16/h8-9,13H,4-7H2,1-3H3,(H,17,18). The molecule has 4 heteroatoms. The Kier molecular flexibility index (Phi) is 4.10. The van der Waals surface area contributed by atoms with Crippen LogP contribution in [0.25, 0.3) is 0 Å². The summed E-state index contributed by atoms with van der Waals surface area (Å²) in [5.74, 6) is -0.102. The van der Waals surface area contributed by atoms with Crippen molar-refractivity contribution < 1.29 is 14.6 Å². The molecule has 1 fully saturated rings. The zero-order valence-corrected chi connectivity index (χ0v) is 11.8. The highest BCUT2D eigenvalue weighted by Gasteiger charge is 2.32. The van der Waals surface area contributed by atoms with E-state index in [-0.39, 0.29) is 0 Å². The van der Waals surface area contributed by atoms with Gasteiger partial charge in [-0.1, -0.05) is 17.7 Å². The Labute approximate surface area is 114 Å². The summed E-state index contributed by atoms with van der Waals surface area (Å²) in [6.07, 6.45) is 2.13. The van der Waals surface area contributed by atoms with E-state index in [1.165, 1.54) is 0 Å². The van der Waals surface area contributed by atoms with Gasteiger partial charge in [-0.25, -0.2) is 0 Å². The number of rotatable bonds is 4. The van der Waals surface area contributed by atoms with Crippen LogP contribution in [-0.4, -0.2) is 36.2 Å². The summed E-state index contributed by atoms with van der Waals surface area (Å²) in [5, 5.41) is 9.59. The number of aliphatic carboxylic acids is 1. The molecule has 0 aromatic heterocycles. The second kappa shape index (κ2) is 5.61. The number of carbonyl (C=O) groups is 1. The van der Waals surface area contributed by atoms with Crippen molar-refractivity contribution in [3.63, 3.8) is 0 Å². The minimum Gasteiger partial charge on any atom is -0.496 e. The smallest absolute Gasteiger partial charge is 0.325 e. The molecule has 1 saturated heterocycles. The number of ether oxygens (including phenoxy) is 1. The highest BCUT2D eigenvalue weighted by Crippen LogP contribution is 2.35. The van der Waals surface area contributed by atoms with E-state index in [1.807, 2.05) is 30.9 Å². The van der Waals surface area contributed by atoms with E-state index in [4.69, 9.17) is 4.74 Å². The number of benzene rings is 1. The molecule has 1 aliphatic rings. The van der Waals surface area contributed by atoms with Crippen LogP contribution in [0, 0.1) is 13.8 Å². The number of carboxylic acids is 1. The summed E-state index contributed by atoms with van der Waals surface area (Å²) < 4.78 is 5.43. The van der Waals surface area contributed by atoms with Crippen molar-refractivity contribution in [1.82, 2.24) is 4.90 Å². The van der Waals surface area contributed by atoms with Crippen LogP contribution in [0.4, 0.5) is 0 Å². The SMILES string of the molecule is COc1c(C)cc(C)cc1C(C(=O)O)N1CCCC1. The normalized spacial score (nSPS) is 17.4. The van der Waals surface area contributed by atoms with E-state index < -0.39 is 12.0 Å². The third-order valence-corrected chi connectivity index (χ3v) is 3.69. The zero-order valence-electron chi connectivity index (χ0n) is 11.8. The number of carboxylic acid groups (broad SMARTS) is 1. The van der Waals surface area contributed by atoms with E-state index in [1.54, 1.807) is 7.11 Å². The first kappa shape index (κ1) is 13.9. The Morgan fingerprint density at radius 3 is 2.47 bits per heavy atom. The molecule has 1 aromatic carbocycles. The van der Waals surface area contributed by atoms with E-state index in [2.05, 4.69) is 0 Å². The largest absolute Gasteiger partial charge is 0.496 e. The fraction of sp³-hybridized carbons (Fsp3) is 0.533. The lowest BCUT2D eigenvalue weighted by Gasteiger charge is -2.26. The van der Waals surface area contributed by atoms with Crippen LogP contribution >= 0.6 is 0 Å². The van der Waals surface area contributed by atoms with E-state index in [0.717, 1.165) is 42.6 Å². The van der Waals surface area contributed by atoms with Crippen LogP contribution in [0.2, 0.25) is 0 Å². The highest BCUT2D eigenvalue weighted by molar-refractivity contribution is 5.77. The molecule has 0 bridgehead atoms. The van der Waals surface area contributed by atoms with Crippen molar-refractivity contribution in [3.8, 4) is 5.75 Å². The molecule has 0 saturated carbocycles. The molecule has 1 atom stereocenters. The van der Waals surface area contributed by atoms with Crippen molar-refractivity contribution in [3.05, 3.63) is 28.8 Å². The average Bonchev–Trinajstić information content (AvgIpc) is 2.81. The first-order valence-electron chi connectivity index (χ1n) is 6.66. The fourth-order valence-corrected chi connectivity index (χ4v) is 2.95. The lowest BCUT2D eigenvalue weighted by Crippen LogP contribution is -2.32. The molecule has 1 unspecified atom stereocenters. The van der Waals surface area contributed by atoms with Crippen LogP contribution < -0.4 is 4.74 Å². The van der Waals surface area contributed by atoms with Crippen LogP contribution in [0.1, 0.15) is 35.6 Å². The lowest BCUT2D eigenvalue weighted by atomic mass is 9.98. The maximum Gasteiger partial charge on any atom is 0.325 e. The predicted octanol–water partition coefficient (Wildman–Crippen LogP) is 2.53. The molecular weight excluding hydrogens is 242 g/mol. The summed E-state index contributed by atoms with van der Waals surface area (Å²) in [5.41, 5.74) is 2.83. The summed E-state index contributed by atoms with van der Waals surface area (Å²) >= 11 is 0. The number of nitrogens with zero attached hydrogens (tertiary/aromatic N) is 1. The van der Waals surface area contributed by atoms with Gasteiger partial charge in [0.15, 0.2) is 0 Å². The van der Waals surface area contributed by atoms with E-state index in [0.29, 0.717) is 5.75 Å². The Bertz CT molecular complexity index is 479. The van der Waals surface area contributed by atoms with Gasteiger partial charge in [-0.15, -0.1) is 0 Å². The third kappa shape index (κ3) is 2.73. The van der Waals surface area contributed by atoms with Crippen molar-refractivity contribution in [2.45, 2.75) is 32.7 Å². The molecule has 0 radical (unpaired) electrons. The zero-order chi connectivity index (χ0) is 14.0. The molecule has 2 rings (SSSR count). The van der Waals surface area contributed by atoms with Gasteiger partial charge in [-0.2, -0.15) is 0 Å². The van der Waals surface area contributed by atoms with Crippen molar-refractivity contribution >= 4 is 5.97 Å². The first-order chi connectivity index (χ1) is 9.04. The molecule has 1 N–H and O–H groups in total. The number of methoxy groups -OCH3 is 1. The molecule has 0 spiro atoms. The van der Waals surface area contributed by atoms with Crippen LogP contribution in [-0.2, 0) is 4.79 Å². The first-order valence-corrected chi connectivity index (χ1v) is 6.66. The van der Waals surface area contributed by atoms with E-state index in [9.17, 15) is 9.90 Å². The second-order valence-corrected chi connectivity index (χ2v) is 5.19. The van der Waals surface area contributed by atoms with Gasteiger partial charge in [0.1, 0.15) is 11.8 Å². The second-order valence-electron chi connectivity index (χ2n) is 5.19. The monoisotopic (exact) mass is 263 g/mol. The van der Waals surface area contributed by atoms with Crippen molar-refractivity contribution in [1.29, 1.82) is 0 Å². The average molecular weight is 263 g/mol. The summed E-state index contributed by atoms with van der Waals surface area (Å²) in [4.78, 5) is 13.7. The molecule has 1 aromatic rings. The van der Waals surface area contributed by atoms with Gasteiger partial charge in [-0.3, -0.25) is 9.69 Å². The molecule has 0 amide bonds. The molecule has 104 valence electrons. The van der Waals surface area contributed by atoms with Gasteiger partial charge in [0, 0.05) is 5.56 Å². The van der Waals surface area contributed by atoms with Gasteiger partial charge >= 0.3 is 5.97 Å². The molecule has 19 heavy (non-hydrogen) atoms. The van der Waals surface area contributed by atoms with Gasteiger partial charge in [0.05, 0.1) is 7.11 Å². The van der Waals surface area contributed by atoms with Crippen molar-refractivity contribution in [2.24, 2.45) is 0 Å². The maximum absolute atomic E-state index is 11.7.